The molecule has 2 N–H and O–H groups in total. The van der Waals surface area contributed by atoms with Crippen LogP contribution in [-0.4, -0.2) is 31.4 Å². The molecule has 1 aromatic carbocycles. The third kappa shape index (κ3) is 4.89. The monoisotopic (exact) mass is 324 g/mol. The lowest BCUT2D eigenvalue weighted by molar-refractivity contribution is -0.137. The largest absolute Gasteiger partial charge is 0.463 e. The molecule has 0 radical (unpaired) electrons. The van der Waals surface area contributed by atoms with E-state index in [-0.39, 0.29) is 18.1 Å². The molecule has 1 rings (SSSR count). The number of hydrogen-bond donors (Lipinski definition) is 2. The van der Waals surface area contributed by atoms with Gasteiger partial charge in [-0.2, -0.15) is 0 Å². The van der Waals surface area contributed by atoms with Crippen LogP contribution in [0.2, 0.25) is 5.02 Å². The van der Waals surface area contributed by atoms with Gasteiger partial charge in [0.15, 0.2) is 0 Å². The molecule has 0 saturated heterocycles. The summed E-state index contributed by atoms with van der Waals surface area (Å²) in [4.78, 5) is 34.9. The Morgan fingerprint density at radius 3 is 2.55 bits per heavy atom. The number of amides is 2. The molecule has 7 heteroatoms. The highest BCUT2D eigenvalue weighted by Crippen LogP contribution is 2.25. The van der Waals surface area contributed by atoms with E-state index in [1.807, 2.05) is 0 Å². The third-order valence-corrected chi connectivity index (χ3v) is 2.90. The van der Waals surface area contributed by atoms with Crippen LogP contribution in [0.1, 0.15) is 22.8 Å². The zero-order valence-electron chi connectivity index (χ0n) is 12.5. The number of ether oxygens (including phenoxy) is 1. The normalized spacial score (nSPS) is 10.4. The van der Waals surface area contributed by atoms with Gasteiger partial charge in [0, 0.05) is 24.2 Å². The Balaban J connectivity index is 3.00. The molecule has 118 valence electrons. The van der Waals surface area contributed by atoms with Gasteiger partial charge in [0.25, 0.3) is 5.91 Å². The lowest BCUT2D eigenvalue weighted by atomic mass is 10.1. The highest BCUT2D eigenvalue weighted by atomic mass is 35.5. The maximum Gasteiger partial charge on any atom is 0.330 e. The summed E-state index contributed by atoms with van der Waals surface area (Å²) in [7, 11) is 1.48. The van der Waals surface area contributed by atoms with Crippen molar-refractivity contribution in [1.29, 1.82) is 0 Å². The molecule has 0 bridgehead atoms. The van der Waals surface area contributed by atoms with Gasteiger partial charge in [0.1, 0.15) is 0 Å². The Morgan fingerprint density at radius 2 is 1.95 bits per heavy atom. The molecule has 22 heavy (non-hydrogen) atoms. The van der Waals surface area contributed by atoms with Gasteiger partial charge in [-0.3, -0.25) is 9.59 Å². The molecule has 0 aromatic heterocycles. The van der Waals surface area contributed by atoms with E-state index in [1.165, 1.54) is 13.1 Å². The van der Waals surface area contributed by atoms with Crippen molar-refractivity contribution in [3.05, 3.63) is 40.4 Å². The summed E-state index contributed by atoms with van der Waals surface area (Å²) in [5.74, 6) is -1.55. The van der Waals surface area contributed by atoms with Crippen LogP contribution in [0, 0.1) is 6.92 Å². The predicted octanol–water partition coefficient (Wildman–Crippen LogP) is 2.07. The van der Waals surface area contributed by atoms with E-state index in [2.05, 4.69) is 15.4 Å². The first-order valence-corrected chi connectivity index (χ1v) is 6.94. The van der Waals surface area contributed by atoms with Gasteiger partial charge in [-0.25, -0.2) is 4.79 Å². The van der Waals surface area contributed by atoms with E-state index < -0.39 is 11.9 Å². The molecule has 0 aliphatic rings. The first-order chi connectivity index (χ1) is 10.4. The van der Waals surface area contributed by atoms with Crippen LogP contribution >= 0.6 is 11.6 Å². The minimum atomic E-state index is -0.614. The fourth-order valence-electron chi connectivity index (χ4n) is 1.72. The lowest BCUT2D eigenvalue weighted by Gasteiger charge is -2.12. The van der Waals surface area contributed by atoms with Crippen LogP contribution in [0.4, 0.5) is 5.69 Å². The highest BCUT2D eigenvalue weighted by Gasteiger charge is 2.15. The van der Waals surface area contributed by atoms with Crippen molar-refractivity contribution in [3.8, 4) is 0 Å². The van der Waals surface area contributed by atoms with Gasteiger partial charge in [-0.05, 0) is 31.5 Å². The van der Waals surface area contributed by atoms with Crippen molar-refractivity contribution in [2.45, 2.75) is 13.8 Å². The Kier molecular flexibility index (Phi) is 6.59. The maximum absolute atomic E-state index is 11.9. The molecule has 2 amide bonds. The predicted molar refractivity (Wildman–Crippen MR) is 84.0 cm³/mol. The second-order valence-corrected chi connectivity index (χ2v) is 4.74. The quantitative estimate of drug-likeness (QED) is 0.641. The van der Waals surface area contributed by atoms with Crippen molar-refractivity contribution >= 4 is 35.1 Å². The fourth-order valence-corrected chi connectivity index (χ4v) is 1.99. The van der Waals surface area contributed by atoms with Crippen molar-refractivity contribution in [3.63, 3.8) is 0 Å². The van der Waals surface area contributed by atoms with Crippen LogP contribution in [0.15, 0.2) is 24.3 Å². The number of nitrogens with one attached hydrogen (secondary N) is 2. The van der Waals surface area contributed by atoms with E-state index in [0.29, 0.717) is 16.3 Å². The molecule has 0 fully saturated rings. The first-order valence-electron chi connectivity index (χ1n) is 6.57. The number of carbonyl (C=O) groups is 3. The molecule has 0 aliphatic heterocycles. The van der Waals surface area contributed by atoms with Crippen LogP contribution < -0.4 is 10.6 Å². The Labute approximate surface area is 133 Å². The van der Waals surface area contributed by atoms with E-state index in [1.54, 1.807) is 19.9 Å². The lowest BCUT2D eigenvalue weighted by Crippen LogP contribution is -2.21. The molecule has 0 spiro atoms. The zero-order chi connectivity index (χ0) is 16.7. The Bertz CT molecular complexity index is 626. The molecular formula is C15H17ClN2O4. The smallest absolute Gasteiger partial charge is 0.330 e. The molecule has 0 saturated carbocycles. The summed E-state index contributed by atoms with van der Waals surface area (Å²) in [5.41, 5.74) is 1.21. The van der Waals surface area contributed by atoms with Crippen molar-refractivity contribution in [2.24, 2.45) is 0 Å². The van der Waals surface area contributed by atoms with Gasteiger partial charge in [-0.15, -0.1) is 0 Å². The van der Waals surface area contributed by atoms with Crippen molar-refractivity contribution in [1.82, 2.24) is 5.32 Å². The molecular weight excluding hydrogens is 308 g/mol. The maximum atomic E-state index is 11.9. The van der Waals surface area contributed by atoms with Crippen LogP contribution in [-0.2, 0) is 14.3 Å². The highest BCUT2D eigenvalue weighted by molar-refractivity contribution is 6.31. The number of halogens is 1. The van der Waals surface area contributed by atoms with E-state index in [9.17, 15) is 14.4 Å². The minimum absolute atomic E-state index is 0.224. The number of carbonyl (C=O) groups excluding carboxylic acids is 3. The zero-order valence-corrected chi connectivity index (χ0v) is 13.3. The van der Waals surface area contributed by atoms with Crippen LogP contribution in [0.25, 0.3) is 0 Å². The summed E-state index contributed by atoms with van der Waals surface area (Å²) < 4.78 is 4.67. The molecule has 0 unspecified atom stereocenters. The first kappa shape index (κ1) is 17.7. The molecule has 0 aliphatic carbocycles. The van der Waals surface area contributed by atoms with Crippen molar-refractivity contribution in [2.75, 3.05) is 19.0 Å². The van der Waals surface area contributed by atoms with E-state index in [4.69, 9.17) is 11.6 Å². The molecule has 1 aromatic rings. The molecule has 0 atom stereocenters. The molecule has 6 nitrogen and oxygen atoms in total. The fraction of sp³-hybridized carbons (Fsp3) is 0.267. The second kappa shape index (κ2) is 8.19. The summed E-state index contributed by atoms with van der Waals surface area (Å²) in [6.07, 6.45) is 2.06. The number of benzene rings is 1. The second-order valence-electron chi connectivity index (χ2n) is 4.30. The summed E-state index contributed by atoms with van der Waals surface area (Å²) >= 11 is 5.93. The number of esters is 1. The minimum Gasteiger partial charge on any atom is -0.463 e. The van der Waals surface area contributed by atoms with Crippen LogP contribution in [0.5, 0.6) is 0 Å². The summed E-state index contributed by atoms with van der Waals surface area (Å²) in [6, 6.07) is 3.08. The SMILES string of the molecule is CCOC(=O)C=CC(=O)Nc1c(C)cc(Cl)cc1C(=O)NC. The van der Waals surface area contributed by atoms with E-state index >= 15 is 0 Å². The van der Waals surface area contributed by atoms with Gasteiger partial charge in [0.2, 0.25) is 5.91 Å². The average molecular weight is 325 g/mol. The molecule has 0 heterocycles. The Morgan fingerprint density at radius 1 is 1.27 bits per heavy atom. The number of rotatable bonds is 5. The Hall–Kier alpha value is -2.34. The van der Waals surface area contributed by atoms with Crippen molar-refractivity contribution < 1.29 is 19.1 Å². The van der Waals surface area contributed by atoms with Crippen LogP contribution in [0.3, 0.4) is 0 Å². The van der Waals surface area contributed by atoms with Gasteiger partial charge in [0.05, 0.1) is 17.9 Å². The summed E-state index contributed by atoms with van der Waals surface area (Å²) in [6.45, 7) is 3.60. The standard InChI is InChI=1S/C15H17ClN2O4/c1-4-22-13(20)6-5-12(19)18-14-9(2)7-10(16)8-11(14)15(21)17-3/h5-8H,4H2,1-3H3,(H,17,21)(H,18,19). The van der Waals surface area contributed by atoms with Gasteiger partial charge >= 0.3 is 5.97 Å². The number of aryl methyl sites for hydroxylation is 1. The number of anilines is 1. The van der Waals surface area contributed by atoms with Gasteiger partial charge in [-0.1, -0.05) is 11.6 Å². The number of hydrogen-bond acceptors (Lipinski definition) is 4. The van der Waals surface area contributed by atoms with Gasteiger partial charge < -0.3 is 15.4 Å². The van der Waals surface area contributed by atoms with E-state index in [0.717, 1.165) is 12.2 Å². The summed E-state index contributed by atoms with van der Waals surface area (Å²) in [5, 5.41) is 5.43. The average Bonchev–Trinajstić information content (AvgIpc) is 2.47. The topological polar surface area (TPSA) is 84.5 Å². The third-order valence-electron chi connectivity index (χ3n) is 2.68.